The van der Waals surface area contributed by atoms with Crippen molar-refractivity contribution in [3.05, 3.63) is 76.0 Å². The molecule has 4 nitrogen and oxygen atoms in total. The van der Waals surface area contributed by atoms with Crippen molar-refractivity contribution in [1.82, 2.24) is 4.72 Å². The Hall–Kier alpha value is -2.26. The van der Waals surface area contributed by atoms with E-state index in [1.54, 1.807) is 23.6 Å². The maximum atomic E-state index is 14.0. The van der Waals surface area contributed by atoms with Crippen LogP contribution in [0.15, 0.2) is 58.8 Å². The number of hydrogen-bond acceptors (Lipinski definition) is 4. The second kappa shape index (κ2) is 8.83. The number of aliphatic carboxylic acids is 1. The van der Waals surface area contributed by atoms with Gasteiger partial charge in [-0.05, 0) is 48.2 Å². The summed E-state index contributed by atoms with van der Waals surface area (Å²) in [5.41, 5.74) is 1.75. The molecular weight excluding hydrogens is 404 g/mol. The number of rotatable bonds is 7. The Morgan fingerprint density at radius 3 is 2.57 bits per heavy atom. The van der Waals surface area contributed by atoms with Gasteiger partial charge in [-0.2, -0.15) is 0 Å². The Morgan fingerprint density at radius 1 is 1.21 bits per heavy atom. The van der Waals surface area contributed by atoms with Crippen LogP contribution in [0.5, 0.6) is 0 Å². The van der Waals surface area contributed by atoms with Crippen molar-refractivity contribution in [1.29, 1.82) is 0 Å². The van der Waals surface area contributed by atoms with E-state index < -0.39 is 35.0 Å². The molecule has 0 radical (unpaired) electrons. The molecule has 3 rings (SSSR count). The first kappa shape index (κ1) is 20.5. The fraction of sp³-hybridized carbons (Fsp3) is 0.150. The van der Waals surface area contributed by atoms with Gasteiger partial charge in [-0.1, -0.05) is 17.7 Å². The van der Waals surface area contributed by atoms with E-state index in [1.807, 2.05) is 19.1 Å². The smallest absolute Gasteiger partial charge is 0.305 e. The SMILES string of the molecule is Cc1ccc([S@@+]([O-])NC(CC(=O)O)c2cc(-c3ccc(F)cc3F)cs2)cc1. The lowest BCUT2D eigenvalue weighted by molar-refractivity contribution is -0.137. The van der Waals surface area contributed by atoms with E-state index in [9.17, 15) is 23.2 Å². The summed E-state index contributed by atoms with van der Waals surface area (Å²) in [6.45, 7) is 1.91. The summed E-state index contributed by atoms with van der Waals surface area (Å²) in [6.07, 6.45) is -0.288. The molecule has 1 unspecified atom stereocenters. The first-order chi connectivity index (χ1) is 13.3. The van der Waals surface area contributed by atoms with Crippen LogP contribution >= 0.6 is 11.3 Å². The molecular formula is C20H17F2NO3S2. The van der Waals surface area contributed by atoms with Gasteiger partial charge in [0.25, 0.3) is 0 Å². The Kier molecular flexibility index (Phi) is 6.46. The summed E-state index contributed by atoms with van der Waals surface area (Å²) in [5, 5.41) is 10.9. The minimum atomic E-state index is -1.61. The van der Waals surface area contributed by atoms with E-state index in [2.05, 4.69) is 4.72 Å². The average Bonchev–Trinajstić information content (AvgIpc) is 3.11. The highest BCUT2D eigenvalue weighted by Crippen LogP contribution is 2.33. The third-order valence-corrected chi connectivity index (χ3v) is 6.31. The Balaban J connectivity index is 1.84. The lowest BCUT2D eigenvalue weighted by Crippen LogP contribution is -2.29. The van der Waals surface area contributed by atoms with Crippen molar-refractivity contribution in [2.75, 3.05) is 0 Å². The fourth-order valence-corrected chi connectivity index (χ4v) is 4.66. The molecule has 0 aliphatic rings. The number of aryl methyl sites for hydroxylation is 1. The van der Waals surface area contributed by atoms with E-state index in [0.29, 0.717) is 15.3 Å². The standard InChI is InChI=1S/C20H17F2NO3S2/c1-12-2-5-15(6-3-12)28(26)23-18(10-20(24)25)19-8-13(11-27-19)16-7-4-14(21)9-17(16)22/h2-9,11,18,23H,10H2,1H3,(H,24,25)/t18?,28-/m1/s1. The highest BCUT2D eigenvalue weighted by atomic mass is 32.2. The van der Waals surface area contributed by atoms with Crippen LogP contribution < -0.4 is 4.72 Å². The van der Waals surface area contributed by atoms with Crippen molar-refractivity contribution in [3.63, 3.8) is 0 Å². The van der Waals surface area contributed by atoms with E-state index in [-0.39, 0.29) is 12.0 Å². The van der Waals surface area contributed by atoms with Gasteiger partial charge >= 0.3 is 5.97 Å². The summed E-state index contributed by atoms with van der Waals surface area (Å²) in [7, 11) is 0. The Bertz CT molecular complexity index is 976. The molecule has 1 aromatic heterocycles. The summed E-state index contributed by atoms with van der Waals surface area (Å²) >= 11 is -0.385. The van der Waals surface area contributed by atoms with Crippen molar-refractivity contribution < 1.29 is 23.2 Å². The molecule has 0 bridgehead atoms. The molecule has 2 aromatic carbocycles. The van der Waals surface area contributed by atoms with Crippen LogP contribution in [0.2, 0.25) is 0 Å². The van der Waals surface area contributed by atoms with Crippen LogP contribution in [0.25, 0.3) is 11.1 Å². The molecule has 0 amide bonds. The van der Waals surface area contributed by atoms with Gasteiger partial charge in [-0.15, -0.1) is 16.1 Å². The number of carboxylic acid groups (broad SMARTS) is 1. The second-order valence-corrected chi connectivity index (χ2v) is 8.40. The van der Waals surface area contributed by atoms with Gasteiger partial charge in [-0.25, -0.2) is 8.78 Å². The van der Waals surface area contributed by atoms with Crippen LogP contribution in [-0.4, -0.2) is 15.6 Å². The topological polar surface area (TPSA) is 72.4 Å². The van der Waals surface area contributed by atoms with Crippen LogP contribution in [0.1, 0.15) is 22.9 Å². The molecule has 0 saturated heterocycles. The molecule has 146 valence electrons. The number of hydrogen-bond donors (Lipinski definition) is 2. The highest BCUT2D eigenvalue weighted by Gasteiger charge is 2.25. The Morgan fingerprint density at radius 2 is 1.93 bits per heavy atom. The molecule has 3 aromatic rings. The molecule has 1 heterocycles. The molecule has 0 aliphatic heterocycles. The molecule has 0 fully saturated rings. The molecule has 28 heavy (non-hydrogen) atoms. The maximum absolute atomic E-state index is 14.0. The second-order valence-electron chi connectivity index (χ2n) is 6.21. The van der Waals surface area contributed by atoms with Crippen molar-refractivity contribution >= 4 is 28.7 Å². The lowest BCUT2D eigenvalue weighted by atomic mass is 10.1. The normalized spacial score (nSPS) is 13.3. The van der Waals surface area contributed by atoms with E-state index in [1.165, 1.54) is 17.4 Å². The Labute approximate surface area is 168 Å². The van der Waals surface area contributed by atoms with Crippen molar-refractivity contribution in [3.8, 4) is 11.1 Å². The van der Waals surface area contributed by atoms with Gasteiger partial charge in [0.1, 0.15) is 11.6 Å². The van der Waals surface area contributed by atoms with Gasteiger partial charge < -0.3 is 9.66 Å². The van der Waals surface area contributed by atoms with Crippen LogP contribution in [0.3, 0.4) is 0 Å². The van der Waals surface area contributed by atoms with Gasteiger partial charge in [-0.3, -0.25) is 4.79 Å². The quantitative estimate of drug-likeness (QED) is 0.536. The predicted octanol–water partition coefficient (Wildman–Crippen LogP) is 4.83. The fourth-order valence-electron chi connectivity index (χ4n) is 2.63. The predicted molar refractivity (Wildman–Crippen MR) is 105 cm³/mol. The molecule has 0 aliphatic carbocycles. The zero-order chi connectivity index (χ0) is 20.3. The van der Waals surface area contributed by atoms with Crippen molar-refractivity contribution in [2.45, 2.75) is 24.3 Å². The largest absolute Gasteiger partial charge is 0.593 e. The summed E-state index contributed by atoms with van der Waals surface area (Å²) in [5.74, 6) is -2.42. The third kappa shape index (κ3) is 4.96. The van der Waals surface area contributed by atoms with Gasteiger partial charge in [0.2, 0.25) is 0 Å². The van der Waals surface area contributed by atoms with Gasteiger partial charge in [0.15, 0.2) is 4.90 Å². The zero-order valence-electron chi connectivity index (χ0n) is 14.8. The molecule has 0 spiro atoms. The number of benzene rings is 2. The maximum Gasteiger partial charge on any atom is 0.305 e. The van der Waals surface area contributed by atoms with Gasteiger partial charge in [0, 0.05) is 16.5 Å². The van der Waals surface area contributed by atoms with E-state index in [0.717, 1.165) is 17.7 Å². The average molecular weight is 421 g/mol. The van der Waals surface area contributed by atoms with Crippen LogP contribution in [-0.2, 0) is 16.2 Å². The number of nitrogens with one attached hydrogen (secondary N) is 1. The van der Waals surface area contributed by atoms with Gasteiger partial charge in [0.05, 0.1) is 23.8 Å². The van der Waals surface area contributed by atoms with E-state index >= 15 is 0 Å². The van der Waals surface area contributed by atoms with E-state index in [4.69, 9.17) is 0 Å². The molecule has 2 atom stereocenters. The number of thiophene rings is 1. The zero-order valence-corrected chi connectivity index (χ0v) is 16.4. The van der Waals surface area contributed by atoms with Crippen LogP contribution in [0, 0.1) is 18.6 Å². The summed E-state index contributed by atoms with van der Waals surface area (Å²) in [6, 6.07) is 11.3. The molecule has 8 heteroatoms. The molecule has 2 N–H and O–H groups in total. The lowest BCUT2D eigenvalue weighted by Gasteiger charge is -2.17. The monoisotopic (exact) mass is 421 g/mol. The number of carbonyl (C=O) groups is 1. The first-order valence-corrected chi connectivity index (χ1v) is 10.4. The van der Waals surface area contributed by atoms with Crippen molar-refractivity contribution in [2.24, 2.45) is 0 Å². The first-order valence-electron chi connectivity index (χ1n) is 8.34. The highest BCUT2D eigenvalue weighted by molar-refractivity contribution is 7.89. The molecule has 0 saturated carbocycles. The third-order valence-electron chi connectivity index (χ3n) is 4.07. The number of halogens is 2. The minimum Gasteiger partial charge on any atom is -0.593 e. The summed E-state index contributed by atoms with van der Waals surface area (Å²) in [4.78, 5) is 12.4. The summed E-state index contributed by atoms with van der Waals surface area (Å²) < 4.78 is 42.6. The number of carboxylic acids is 1. The minimum absolute atomic E-state index is 0.220. The van der Waals surface area contributed by atoms with Crippen LogP contribution in [0.4, 0.5) is 8.78 Å².